The zero-order valence-corrected chi connectivity index (χ0v) is 12.8. The van der Waals surface area contributed by atoms with Gasteiger partial charge in [0, 0.05) is 17.5 Å². The molecular weight excluding hydrogens is 316 g/mol. The van der Waals surface area contributed by atoms with E-state index in [4.69, 9.17) is 0 Å². The molecule has 7 heteroatoms. The van der Waals surface area contributed by atoms with Crippen LogP contribution in [0.25, 0.3) is 0 Å². The normalized spacial score (nSPS) is 19.5. The second-order valence-corrected chi connectivity index (χ2v) is 7.78. The van der Waals surface area contributed by atoms with E-state index in [0.29, 0.717) is 6.42 Å². The number of benzene rings is 1. The van der Waals surface area contributed by atoms with Gasteiger partial charge in [-0.1, -0.05) is 0 Å². The summed E-state index contributed by atoms with van der Waals surface area (Å²) < 4.78 is 53.6. The van der Waals surface area contributed by atoms with Crippen LogP contribution in [0.15, 0.2) is 34.5 Å². The molecule has 112 valence electrons. The van der Waals surface area contributed by atoms with Gasteiger partial charge in [-0.25, -0.2) is 17.2 Å². The average molecular weight is 329 g/mol. The van der Waals surface area contributed by atoms with Crippen molar-refractivity contribution in [2.45, 2.75) is 24.3 Å². The first-order valence-electron chi connectivity index (χ1n) is 6.44. The van der Waals surface area contributed by atoms with E-state index < -0.39 is 26.6 Å². The number of hydrogen-bond acceptors (Lipinski definition) is 3. The van der Waals surface area contributed by atoms with Crippen LogP contribution >= 0.6 is 11.3 Å². The Bertz CT molecular complexity index is 786. The van der Waals surface area contributed by atoms with Crippen LogP contribution in [-0.2, 0) is 16.4 Å². The number of nitrogens with zero attached hydrogens (tertiary/aromatic N) is 1. The molecule has 1 aliphatic heterocycles. The van der Waals surface area contributed by atoms with Crippen molar-refractivity contribution >= 4 is 21.4 Å². The molecule has 1 aliphatic rings. The lowest BCUT2D eigenvalue weighted by Crippen LogP contribution is -2.38. The number of hydrogen-bond donors (Lipinski definition) is 0. The lowest BCUT2D eigenvalue weighted by Gasteiger charge is -2.32. The van der Waals surface area contributed by atoms with E-state index in [9.17, 15) is 17.2 Å². The second-order valence-electron chi connectivity index (χ2n) is 4.92. The Morgan fingerprint density at radius 1 is 1.29 bits per heavy atom. The summed E-state index contributed by atoms with van der Waals surface area (Å²) in [5.41, 5.74) is 0.937. The highest BCUT2D eigenvalue weighted by Crippen LogP contribution is 2.36. The van der Waals surface area contributed by atoms with Crippen molar-refractivity contribution in [2.24, 2.45) is 0 Å². The van der Waals surface area contributed by atoms with Crippen molar-refractivity contribution in [3.8, 4) is 0 Å². The molecule has 2 heterocycles. The van der Waals surface area contributed by atoms with E-state index >= 15 is 0 Å². The number of sulfonamides is 1. The number of halogens is 2. The molecule has 1 atom stereocenters. The number of fused-ring (bicyclic) bond motifs is 1. The molecular formula is C14H13F2NO2S2. The van der Waals surface area contributed by atoms with Gasteiger partial charge in [0.15, 0.2) is 0 Å². The summed E-state index contributed by atoms with van der Waals surface area (Å²) >= 11 is 1.59. The molecule has 1 aromatic heterocycles. The summed E-state index contributed by atoms with van der Waals surface area (Å²) in [7, 11) is -4.06. The van der Waals surface area contributed by atoms with Crippen LogP contribution < -0.4 is 0 Å². The SMILES string of the molecule is C[C@@H]1c2ccsc2CCN1S(=O)(=O)c1cc(F)ccc1F. The molecule has 0 unspecified atom stereocenters. The van der Waals surface area contributed by atoms with Crippen LogP contribution in [0, 0.1) is 11.6 Å². The van der Waals surface area contributed by atoms with Crippen molar-refractivity contribution < 1.29 is 17.2 Å². The topological polar surface area (TPSA) is 37.4 Å². The monoisotopic (exact) mass is 329 g/mol. The van der Waals surface area contributed by atoms with E-state index in [1.807, 2.05) is 11.4 Å². The second kappa shape index (κ2) is 5.15. The fourth-order valence-electron chi connectivity index (χ4n) is 2.62. The van der Waals surface area contributed by atoms with E-state index in [1.54, 1.807) is 18.3 Å². The molecule has 0 spiro atoms. The molecule has 0 bridgehead atoms. The summed E-state index contributed by atoms with van der Waals surface area (Å²) in [5, 5.41) is 1.92. The Kier molecular flexibility index (Phi) is 3.59. The van der Waals surface area contributed by atoms with E-state index in [1.165, 1.54) is 4.31 Å². The first-order chi connectivity index (χ1) is 9.91. The minimum atomic E-state index is -4.06. The predicted octanol–water partition coefficient (Wildman–Crippen LogP) is 3.33. The highest BCUT2D eigenvalue weighted by atomic mass is 32.2. The van der Waals surface area contributed by atoms with E-state index in [2.05, 4.69) is 0 Å². The van der Waals surface area contributed by atoms with Gasteiger partial charge >= 0.3 is 0 Å². The highest BCUT2D eigenvalue weighted by molar-refractivity contribution is 7.89. The largest absolute Gasteiger partial charge is 0.246 e. The molecule has 0 fully saturated rings. The van der Waals surface area contributed by atoms with Crippen molar-refractivity contribution in [2.75, 3.05) is 6.54 Å². The summed E-state index contributed by atoms with van der Waals surface area (Å²) in [5.74, 6) is -1.70. The smallest absolute Gasteiger partial charge is 0.207 e. The Morgan fingerprint density at radius 3 is 2.81 bits per heavy atom. The van der Waals surface area contributed by atoms with Gasteiger partial charge in [-0.2, -0.15) is 4.31 Å². The van der Waals surface area contributed by atoms with Crippen LogP contribution in [0.3, 0.4) is 0 Å². The summed E-state index contributed by atoms with van der Waals surface area (Å²) in [6.45, 7) is 2.03. The van der Waals surface area contributed by atoms with E-state index in [0.717, 1.165) is 28.6 Å². The standard InChI is InChI=1S/C14H13F2NO2S2/c1-9-11-5-7-20-13(11)4-6-17(9)21(18,19)14-8-10(15)2-3-12(14)16/h2-3,5,7-9H,4,6H2,1H3/t9-/m1/s1. The maximum absolute atomic E-state index is 13.8. The molecule has 0 aliphatic carbocycles. The number of thiophene rings is 1. The third-order valence-electron chi connectivity index (χ3n) is 3.70. The lowest BCUT2D eigenvalue weighted by atomic mass is 10.0. The Labute approximate surface area is 125 Å². The summed E-state index contributed by atoms with van der Waals surface area (Å²) in [6, 6.07) is 3.99. The van der Waals surface area contributed by atoms with Crippen LogP contribution in [-0.4, -0.2) is 19.3 Å². The zero-order chi connectivity index (χ0) is 15.2. The van der Waals surface area contributed by atoms with E-state index in [-0.39, 0.29) is 12.6 Å². The van der Waals surface area contributed by atoms with Crippen molar-refractivity contribution in [1.82, 2.24) is 4.31 Å². The summed E-state index contributed by atoms with van der Waals surface area (Å²) in [6.07, 6.45) is 0.591. The van der Waals surface area contributed by atoms with Crippen molar-refractivity contribution in [3.63, 3.8) is 0 Å². The minimum absolute atomic E-state index is 0.271. The first-order valence-corrected chi connectivity index (χ1v) is 8.76. The van der Waals surface area contributed by atoms with Gasteiger partial charge < -0.3 is 0 Å². The Balaban J connectivity index is 2.05. The zero-order valence-electron chi connectivity index (χ0n) is 11.2. The first kappa shape index (κ1) is 14.6. The molecule has 2 aromatic rings. The molecule has 1 aromatic carbocycles. The summed E-state index contributed by atoms with van der Waals surface area (Å²) in [4.78, 5) is 0.543. The molecule has 0 saturated heterocycles. The third-order valence-corrected chi connectivity index (χ3v) is 6.68. The molecule has 3 nitrogen and oxygen atoms in total. The third kappa shape index (κ3) is 2.39. The van der Waals surface area contributed by atoms with Gasteiger partial charge in [-0.15, -0.1) is 11.3 Å². The van der Waals surface area contributed by atoms with Gasteiger partial charge in [-0.3, -0.25) is 0 Å². The minimum Gasteiger partial charge on any atom is -0.207 e. The van der Waals surface area contributed by atoms with Gasteiger partial charge in [0.2, 0.25) is 10.0 Å². The van der Waals surface area contributed by atoms with Gasteiger partial charge in [0.05, 0.1) is 0 Å². The van der Waals surface area contributed by atoms with Crippen LogP contribution in [0.2, 0.25) is 0 Å². The Hall–Kier alpha value is -1.31. The average Bonchev–Trinajstić information content (AvgIpc) is 2.91. The van der Waals surface area contributed by atoms with Gasteiger partial charge in [0.1, 0.15) is 16.5 Å². The van der Waals surface area contributed by atoms with Crippen LogP contribution in [0.5, 0.6) is 0 Å². The van der Waals surface area contributed by atoms with Crippen molar-refractivity contribution in [1.29, 1.82) is 0 Å². The highest BCUT2D eigenvalue weighted by Gasteiger charge is 2.36. The molecule has 21 heavy (non-hydrogen) atoms. The number of rotatable bonds is 2. The fraction of sp³-hybridized carbons (Fsp3) is 0.286. The molecule has 0 N–H and O–H groups in total. The maximum atomic E-state index is 13.8. The Morgan fingerprint density at radius 2 is 2.05 bits per heavy atom. The molecule has 0 amide bonds. The van der Waals surface area contributed by atoms with Crippen LogP contribution in [0.1, 0.15) is 23.4 Å². The van der Waals surface area contributed by atoms with Crippen molar-refractivity contribution in [3.05, 3.63) is 51.7 Å². The molecule has 0 radical (unpaired) electrons. The van der Waals surface area contributed by atoms with Gasteiger partial charge in [0.25, 0.3) is 0 Å². The van der Waals surface area contributed by atoms with Crippen LogP contribution in [0.4, 0.5) is 8.78 Å². The quantitative estimate of drug-likeness (QED) is 0.847. The van der Waals surface area contributed by atoms with Gasteiger partial charge in [-0.05, 0) is 48.6 Å². The maximum Gasteiger partial charge on any atom is 0.246 e. The predicted molar refractivity (Wildman–Crippen MR) is 76.7 cm³/mol. The molecule has 0 saturated carbocycles. The fourth-order valence-corrected chi connectivity index (χ4v) is 5.27. The lowest BCUT2D eigenvalue weighted by molar-refractivity contribution is 0.327. The molecule has 3 rings (SSSR count).